The number of nitrogens with zero attached hydrogens (tertiary/aromatic N) is 1. The van der Waals surface area contributed by atoms with Crippen LogP contribution >= 0.6 is 0 Å². The van der Waals surface area contributed by atoms with Crippen molar-refractivity contribution in [2.24, 2.45) is 0 Å². The molecule has 1 aliphatic heterocycles. The number of phenols is 1. The molecule has 0 fully saturated rings. The molecule has 3 aromatic carbocycles. The highest BCUT2D eigenvalue weighted by Gasteiger charge is 2.23. The first-order chi connectivity index (χ1) is 14.1. The van der Waals surface area contributed by atoms with Gasteiger partial charge in [0.1, 0.15) is 5.75 Å². The number of aromatic hydroxyl groups is 1. The summed E-state index contributed by atoms with van der Waals surface area (Å²) in [7, 11) is 0. The SMILES string of the molecule is O=C(OCC(=O)N1CCCc2ccccc21)c1ccc(-c2ccc(O)cc2)cc1. The molecule has 1 aliphatic rings. The van der Waals surface area contributed by atoms with Gasteiger partial charge in [0.25, 0.3) is 5.91 Å². The van der Waals surface area contributed by atoms with E-state index in [0.717, 1.165) is 35.2 Å². The molecule has 0 spiro atoms. The van der Waals surface area contributed by atoms with Gasteiger partial charge in [-0.25, -0.2) is 4.79 Å². The van der Waals surface area contributed by atoms with Crippen molar-refractivity contribution in [1.29, 1.82) is 0 Å². The van der Waals surface area contributed by atoms with E-state index < -0.39 is 5.97 Å². The number of phenolic OH excluding ortho intramolecular Hbond substituents is 1. The summed E-state index contributed by atoms with van der Waals surface area (Å²) in [5, 5.41) is 9.38. The molecule has 0 atom stereocenters. The Hall–Kier alpha value is -3.60. The van der Waals surface area contributed by atoms with Gasteiger partial charge in [-0.15, -0.1) is 0 Å². The van der Waals surface area contributed by atoms with Crippen molar-refractivity contribution in [2.75, 3.05) is 18.1 Å². The maximum Gasteiger partial charge on any atom is 0.338 e. The third kappa shape index (κ3) is 4.14. The summed E-state index contributed by atoms with van der Waals surface area (Å²) in [5.74, 6) is -0.540. The number of anilines is 1. The molecule has 1 heterocycles. The van der Waals surface area contributed by atoms with E-state index in [0.29, 0.717) is 12.1 Å². The Morgan fingerprint density at radius 3 is 2.28 bits per heavy atom. The zero-order valence-corrected chi connectivity index (χ0v) is 15.9. The van der Waals surface area contributed by atoms with Crippen LogP contribution < -0.4 is 4.90 Å². The van der Waals surface area contributed by atoms with Gasteiger partial charge in [-0.2, -0.15) is 0 Å². The first kappa shape index (κ1) is 18.7. The lowest BCUT2D eigenvalue weighted by Gasteiger charge is -2.29. The number of rotatable bonds is 4. The number of para-hydroxylation sites is 1. The van der Waals surface area contributed by atoms with E-state index in [1.54, 1.807) is 41.3 Å². The number of hydrogen-bond donors (Lipinski definition) is 1. The molecule has 5 nitrogen and oxygen atoms in total. The third-order valence-corrected chi connectivity index (χ3v) is 5.06. The van der Waals surface area contributed by atoms with Gasteiger partial charge in [0.2, 0.25) is 0 Å². The lowest BCUT2D eigenvalue weighted by atomic mass is 10.0. The lowest BCUT2D eigenvalue weighted by Crippen LogP contribution is -2.38. The second kappa shape index (κ2) is 8.19. The van der Waals surface area contributed by atoms with Crippen LogP contribution in [0.25, 0.3) is 11.1 Å². The fraction of sp³-hybridized carbons (Fsp3) is 0.167. The predicted octanol–water partition coefficient (Wildman–Crippen LogP) is 4.20. The second-order valence-electron chi connectivity index (χ2n) is 6.98. The van der Waals surface area contributed by atoms with Crippen LogP contribution in [0.15, 0.2) is 72.8 Å². The fourth-order valence-corrected chi connectivity index (χ4v) is 3.53. The van der Waals surface area contributed by atoms with Gasteiger partial charge in [-0.1, -0.05) is 42.5 Å². The highest BCUT2D eigenvalue weighted by molar-refractivity contribution is 5.98. The molecule has 0 saturated heterocycles. The summed E-state index contributed by atoms with van der Waals surface area (Å²) >= 11 is 0. The molecule has 0 radical (unpaired) electrons. The number of carbonyl (C=O) groups excluding carboxylic acids is 2. The van der Waals surface area contributed by atoms with E-state index in [2.05, 4.69) is 0 Å². The summed E-state index contributed by atoms with van der Waals surface area (Å²) in [4.78, 5) is 26.6. The first-order valence-electron chi connectivity index (χ1n) is 9.57. The summed E-state index contributed by atoms with van der Waals surface area (Å²) in [6, 6.07) is 21.6. The molecule has 0 bridgehead atoms. The molecule has 0 unspecified atom stereocenters. The van der Waals surface area contributed by atoms with Gasteiger partial charge in [0.15, 0.2) is 6.61 Å². The number of aryl methyl sites for hydroxylation is 1. The Morgan fingerprint density at radius 1 is 0.897 bits per heavy atom. The van der Waals surface area contributed by atoms with E-state index in [-0.39, 0.29) is 18.3 Å². The largest absolute Gasteiger partial charge is 0.508 e. The first-order valence-corrected chi connectivity index (χ1v) is 9.57. The third-order valence-electron chi connectivity index (χ3n) is 5.06. The van der Waals surface area contributed by atoms with Crippen molar-refractivity contribution in [3.8, 4) is 16.9 Å². The molecular formula is C24H21NO4. The smallest absolute Gasteiger partial charge is 0.338 e. The maximum atomic E-state index is 12.6. The van der Waals surface area contributed by atoms with E-state index in [1.807, 2.05) is 36.4 Å². The Balaban J connectivity index is 1.39. The number of benzene rings is 3. The average molecular weight is 387 g/mol. The molecule has 0 saturated carbocycles. The zero-order valence-electron chi connectivity index (χ0n) is 15.9. The van der Waals surface area contributed by atoms with Gasteiger partial charge < -0.3 is 14.7 Å². The van der Waals surface area contributed by atoms with Crippen LogP contribution in [0.5, 0.6) is 5.75 Å². The number of carbonyl (C=O) groups is 2. The van der Waals surface area contributed by atoms with Gasteiger partial charge in [0, 0.05) is 12.2 Å². The van der Waals surface area contributed by atoms with Gasteiger partial charge in [-0.3, -0.25) is 4.79 Å². The Morgan fingerprint density at radius 2 is 1.55 bits per heavy atom. The Kier molecular flexibility index (Phi) is 5.29. The molecule has 4 rings (SSSR count). The Bertz CT molecular complexity index is 1030. The van der Waals surface area contributed by atoms with E-state index in [1.165, 1.54) is 0 Å². The highest BCUT2D eigenvalue weighted by Crippen LogP contribution is 2.27. The molecule has 29 heavy (non-hydrogen) atoms. The van der Waals surface area contributed by atoms with Gasteiger partial charge >= 0.3 is 5.97 Å². The summed E-state index contributed by atoms with van der Waals surface area (Å²) in [5.41, 5.74) is 4.28. The number of fused-ring (bicyclic) bond motifs is 1. The van der Waals surface area contributed by atoms with Gasteiger partial charge in [0.05, 0.1) is 5.56 Å². The van der Waals surface area contributed by atoms with Crippen LogP contribution in [0.3, 0.4) is 0 Å². The number of hydrogen-bond acceptors (Lipinski definition) is 4. The zero-order chi connectivity index (χ0) is 20.2. The van der Waals surface area contributed by atoms with E-state index in [4.69, 9.17) is 4.74 Å². The number of ether oxygens (including phenoxy) is 1. The molecule has 0 aliphatic carbocycles. The molecule has 1 N–H and O–H groups in total. The molecular weight excluding hydrogens is 366 g/mol. The van der Waals surface area contributed by atoms with Crippen molar-refractivity contribution < 1.29 is 19.4 Å². The molecule has 0 aromatic heterocycles. The van der Waals surface area contributed by atoms with Gasteiger partial charge in [-0.05, 0) is 59.9 Å². The van der Waals surface area contributed by atoms with Crippen LogP contribution in [0.2, 0.25) is 0 Å². The topological polar surface area (TPSA) is 66.8 Å². The molecule has 3 aromatic rings. The lowest BCUT2D eigenvalue weighted by molar-refractivity contribution is -0.121. The summed E-state index contributed by atoms with van der Waals surface area (Å²) < 4.78 is 5.26. The minimum Gasteiger partial charge on any atom is -0.508 e. The summed E-state index contributed by atoms with van der Waals surface area (Å²) in [6.07, 6.45) is 1.85. The number of esters is 1. The van der Waals surface area contributed by atoms with Crippen molar-refractivity contribution in [3.63, 3.8) is 0 Å². The standard InChI is InChI=1S/C24H21NO4/c26-21-13-11-18(12-14-21)17-7-9-20(10-8-17)24(28)29-16-23(27)25-15-3-5-19-4-1-2-6-22(19)25/h1-2,4,6-14,26H,3,5,15-16H2. The van der Waals surface area contributed by atoms with E-state index in [9.17, 15) is 14.7 Å². The average Bonchev–Trinajstić information content (AvgIpc) is 2.77. The monoisotopic (exact) mass is 387 g/mol. The van der Waals surface area contributed by atoms with Crippen molar-refractivity contribution >= 4 is 17.6 Å². The van der Waals surface area contributed by atoms with Crippen LogP contribution in [-0.4, -0.2) is 30.1 Å². The van der Waals surface area contributed by atoms with E-state index >= 15 is 0 Å². The minimum absolute atomic E-state index is 0.204. The number of amides is 1. The van der Waals surface area contributed by atoms with Crippen molar-refractivity contribution in [2.45, 2.75) is 12.8 Å². The van der Waals surface area contributed by atoms with Crippen LogP contribution in [0.1, 0.15) is 22.3 Å². The van der Waals surface area contributed by atoms with Crippen molar-refractivity contribution in [1.82, 2.24) is 0 Å². The van der Waals surface area contributed by atoms with Crippen LogP contribution in [0.4, 0.5) is 5.69 Å². The van der Waals surface area contributed by atoms with Crippen molar-refractivity contribution in [3.05, 3.63) is 83.9 Å². The normalized spacial score (nSPS) is 12.9. The Labute approximate surface area is 169 Å². The molecule has 146 valence electrons. The molecule has 1 amide bonds. The van der Waals surface area contributed by atoms with Crippen LogP contribution in [-0.2, 0) is 16.0 Å². The predicted molar refractivity (Wildman–Crippen MR) is 111 cm³/mol. The maximum absolute atomic E-state index is 12.6. The molecule has 5 heteroatoms. The second-order valence-corrected chi connectivity index (χ2v) is 6.98. The fourth-order valence-electron chi connectivity index (χ4n) is 3.53. The van der Waals surface area contributed by atoms with Crippen LogP contribution in [0, 0.1) is 0 Å². The highest BCUT2D eigenvalue weighted by atomic mass is 16.5. The summed E-state index contributed by atoms with van der Waals surface area (Å²) in [6.45, 7) is 0.349. The quantitative estimate of drug-likeness (QED) is 0.682. The minimum atomic E-state index is -0.527.